The van der Waals surface area contributed by atoms with E-state index in [2.05, 4.69) is 34.0 Å². The van der Waals surface area contributed by atoms with Gasteiger partial charge in [0.15, 0.2) is 0 Å². The topological polar surface area (TPSA) is 66.2 Å². The molecule has 3 N–H and O–H groups in total. The van der Waals surface area contributed by atoms with Gasteiger partial charge in [0.1, 0.15) is 0 Å². The minimum absolute atomic E-state index is 0.108. The van der Waals surface area contributed by atoms with Crippen molar-refractivity contribution in [2.24, 2.45) is 0 Å². The summed E-state index contributed by atoms with van der Waals surface area (Å²) in [6, 6.07) is 10.0. The van der Waals surface area contributed by atoms with E-state index < -0.39 is 0 Å². The summed E-state index contributed by atoms with van der Waals surface area (Å²) in [6.07, 6.45) is 4.07. The third-order valence-corrected chi connectivity index (χ3v) is 5.85. The summed E-state index contributed by atoms with van der Waals surface area (Å²) >= 11 is 1.82. The SMILES string of the molecule is CSC1(CNC(=O)NCc2cc3ccccc3[nH]2)CCOCC1. The third kappa shape index (κ3) is 4.00. The Morgan fingerprint density at radius 2 is 2.09 bits per heavy atom. The number of aromatic amines is 1. The number of H-pyrrole nitrogens is 1. The normalized spacial score (nSPS) is 17.1. The monoisotopic (exact) mass is 333 g/mol. The smallest absolute Gasteiger partial charge is 0.315 e. The molecule has 0 spiro atoms. The van der Waals surface area contributed by atoms with E-state index in [9.17, 15) is 4.79 Å². The number of urea groups is 1. The van der Waals surface area contributed by atoms with Crippen LogP contribution in [-0.4, -0.2) is 41.8 Å². The summed E-state index contributed by atoms with van der Waals surface area (Å²) in [4.78, 5) is 15.4. The quantitative estimate of drug-likeness (QED) is 0.788. The molecule has 5 nitrogen and oxygen atoms in total. The number of para-hydroxylation sites is 1. The molecular weight excluding hydrogens is 310 g/mol. The van der Waals surface area contributed by atoms with Crippen molar-refractivity contribution in [3.8, 4) is 0 Å². The van der Waals surface area contributed by atoms with Crippen molar-refractivity contribution < 1.29 is 9.53 Å². The van der Waals surface area contributed by atoms with Gasteiger partial charge < -0.3 is 20.4 Å². The van der Waals surface area contributed by atoms with Gasteiger partial charge in [-0.3, -0.25) is 0 Å². The molecule has 1 fully saturated rings. The molecule has 1 aliphatic rings. The van der Waals surface area contributed by atoms with Crippen LogP contribution < -0.4 is 10.6 Å². The number of fused-ring (bicyclic) bond motifs is 1. The van der Waals surface area contributed by atoms with Crippen molar-refractivity contribution in [1.82, 2.24) is 15.6 Å². The Labute approximate surface area is 140 Å². The minimum atomic E-state index is -0.122. The van der Waals surface area contributed by atoms with Crippen LogP contribution in [0.25, 0.3) is 10.9 Å². The van der Waals surface area contributed by atoms with Gasteiger partial charge in [-0.15, -0.1) is 0 Å². The van der Waals surface area contributed by atoms with Crippen LogP contribution in [0.3, 0.4) is 0 Å². The second-order valence-electron chi connectivity index (χ2n) is 5.92. The molecule has 1 aliphatic heterocycles. The average molecular weight is 333 g/mol. The highest BCUT2D eigenvalue weighted by Crippen LogP contribution is 2.32. The molecule has 2 aromatic rings. The van der Waals surface area contributed by atoms with E-state index in [1.165, 1.54) is 0 Å². The van der Waals surface area contributed by atoms with E-state index in [4.69, 9.17) is 4.74 Å². The van der Waals surface area contributed by atoms with E-state index in [-0.39, 0.29) is 10.8 Å². The van der Waals surface area contributed by atoms with E-state index in [0.29, 0.717) is 13.1 Å². The molecule has 23 heavy (non-hydrogen) atoms. The summed E-state index contributed by atoms with van der Waals surface area (Å²) in [5, 5.41) is 7.09. The summed E-state index contributed by atoms with van der Waals surface area (Å²) in [6.45, 7) is 2.73. The number of nitrogens with one attached hydrogen (secondary N) is 3. The van der Waals surface area contributed by atoms with Gasteiger partial charge in [0.25, 0.3) is 0 Å². The Kier molecular flexibility index (Phi) is 5.13. The zero-order chi connectivity index (χ0) is 16.1. The lowest BCUT2D eigenvalue weighted by atomic mass is 9.99. The first-order valence-electron chi connectivity index (χ1n) is 7.92. The van der Waals surface area contributed by atoms with Crippen molar-refractivity contribution in [3.05, 3.63) is 36.0 Å². The van der Waals surface area contributed by atoms with Gasteiger partial charge in [-0.1, -0.05) is 18.2 Å². The van der Waals surface area contributed by atoms with Crippen molar-refractivity contribution in [1.29, 1.82) is 0 Å². The van der Waals surface area contributed by atoms with Crippen molar-refractivity contribution >= 4 is 28.7 Å². The van der Waals surface area contributed by atoms with Crippen molar-refractivity contribution in [2.75, 3.05) is 26.0 Å². The molecule has 0 unspecified atom stereocenters. The largest absolute Gasteiger partial charge is 0.381 e. The highest BCUT2D eigenvalue weighted by Gasteiger charge is 2.32. The number of aromatic nitrogens is 1. The number of hydrogen-bond acceptors (Lipinski definition) is 3. The third-order valence-electron chi connectivity index (χ3n) is 4.43. The predicted molar refractivity (Wildman–Crippen MR) is 94.8 cm³/mol. The summed E-state index contributed by atoms with van der Waals surface area (Å²) < 4.78 is 5.53. The van der Waals surface area contributed by atoms with Crippen LogP contribution in [0.15, 0.2) is 30.3 Å². The molecule has 2 amide bonds. The number of thioether (sulfide) groups is 1. The zero-order valence-corrected chi connectivity index (χ0v) is 14.2. The van der Waals surface area contributed by atoms with E-state index in [0.717, 1.165) is 42.7 Å². The molecule has 0 aliphatic carbocycles. The van der Waals surface area contributed by atoms with Crippen LogP contribution in [-0.2, 0) is 11.3 Å². The predicted octanol–water partition coefficient (Wildman–Crippen LogP) is 2.88. The number of rotatable bonds is 5. The van der Waals surface area contributed by atoms with Crippen LogP contribution in [0.5, 0.6) is 0 Å². The maximum atomic E-state index is 12.1. The second kappa shape index (κ2) is 7.27. The van der Waals surface area contributed by atoms with Gasteiger partial charge in [0.05, 0.1) is 6.54 Å². The lowest BCUT2D eigenvalue weighted by Gasteiger charge is -2.35. The molecule has 1 aromatic heterocycles. The molecule has 0 atom stereocenters. The first-order valence-corrected chi connectivity index (χ1v) is 9.14. The Morgan fingerprint density at radius 3 is 2.83 bits per heavy atom. The maximum absolute atomic E-state index is 12.1. The Hall–Kier alpha value is -1.66. The van der Waals surface area contributed by atoms with E-state index in [1.807, 2.05) is 30.0 Å². The molecule has 1 aromatic carbocycles. The molecule has 1 saturated heterocycles. The first kappa shape index (κ1) is 16.2. The van der Waals surface area contributed by atoms with Crippen LogP contribution in [0, 0.1) is 0 Å². The molecule has 2 heterocycles. The molecule has 0 radical (unpaired) electrons. The fourth-order valence-corrected chi connectivity index (χ4v) is 3.70. The molecule has 124 valence electrons. The Balaban J connectivity index is 1.49. The number of ether oxygens (including phenoxy) is 1. The van der Waals surface area contributed by atoms with Gasteiger partial charge in [0, 0.05) is 35.7 Å². The summed E-state index contributed by atoms with van der Waals surface area (Å²) in [5.74, 6) is 0. The maximum Gasteiger partial charge on any atom is 0.315 e. The van der Waals surface area contributed by atoms with Crippen LogP contribution in [0.4, 0.5) is 4.79 Å². The van der Waals surface area contributed by atoms with Gasteiger partial charge >= 0.3 is 6.03 Å². The highest BCUT2D eigenvalue weighted by molar-refractivity contribution is 8.00. The molecule has 6 heteroatoms. The van der Waals surface area contributed by atoms with Crippen LogP contribution in [0.1, 0.15) is 18.5 Å². The van der Waals surface area contributed by atoms with E-state index >= 15 is 0 Å². The lowest BCUT2D eigenvalue weighted by Crippen LogP contribution is -2.47. The lowest BCUT2D eigenvalue weighted by molar-refractivity contribution is 0.0777. The van der Waals surface area contributed by atoms with Gasteiger partial charge in [-0.2, -0.15) is 11.8 Å². The number of carbonyl (C=O) groups excluding carboxylic acids is 1. The van der Waals surface area contributed by atoms with Gasteiger partial charge in [0.2, 0.25) is 0 Å². The summed E-state index contributed by atoms with van der Waals surface area (Å²) in [7, 11) is 0. The molecular formula is C17H23N3O2S. The number of amides is 2. The summed E-state index contributed by atoms with van der Waals surface area (Å²) in [5.41, 5.74) is 2.10. The highest BCUT2D eigenvalue weighted by atomic mass is 32.2. The Morgan fingerprint density at radius 1 is 1.30 bits per heavy atom. The zero-order valence-electron chi connectivity index (χ0n) is 13.4. The minimum Gasteiger partial charge on any atom is -0.381 e. The van der Waals surface area contributed by atoms with Crippen LogP contribution >= 0.6 is 11.8 Å². The fraction of sp³-hybridized carbons (Fsp3) is 0.471. The number of hydrogen-bond donors (Lipinski definition) is 3. The van der Waals surface area contributed by atoms with Crippen molar-refractivity contribution in [2.45, 2.75) is 24.1 Å². The standard InChI is InChI=1S/C17H23N3O2S/c1-23-17(6-8-22-9-7-17)12-19-16(21)18-11-14-10-13-4-2-3-5-15(13)20-14/h2-5,10,20H,6-9,11-12H2,1H3,(H2,18,19,21). The fourth-order valence-electron chi connectivity index (χ4n) is 2.90. The average Bonchev–Trinajstić information content (AvgIpc) is 3.02. The molecule has 0 bridgehead atoms. The second-order valence-corrected chi connectivity index (χ2v) is 7.19. The van der Waals surface area contributed by atoms with Gasteiger partial charge in [-0.05, 0) is 36.6 Å². The van der Waals surface area contributed by atoms with Crippen molar-refractivity contribution in [3.63, 3.8) is 0 Å². The number of carbonyl (C=O) groups is 1. The van der Waals surface area contributed by atoms with Gasteiger partial charge in [-0.25, -0.2) is 4.79 Å². The molecule has 0 saturated carbocycles. The van der Waals surface area contributed by atoms with Crippen LogP contribution in [0.2, 0.25) is 0 Å². The Bertz CT molecular complexity index is 632. The molecule has 3 rings (SSSR count). The number of benzene rings is 1. The first-order chi connectivity index (χ1) is 11.2. The van der Waals surface area contributed by atoms with E-state index in [1.54, 1.807) is 0 Å².